The van der Waals surface area contributed by atoms with Crippen LogP contribution in [0.4, 0.5) is 0 Å². The lowest BCUT2D eigenvalue weighted by atomic mass is 10.3. The monoisotopic (exact) mass is 202 g/mol. The van der Waals surface area contributed by atoms with E-state index in [-0.39, 0.29) is 0 Å². The lowest BCUT2D eigenvalue weighted by molar-refractivity contribution is 0.339. The van der Waals surface area contributed by atoms with Crippen LogP contribution < -0.4 is 9.26 Å². The molecule has 0 aliphatic rings. The first kappa shape index (κ1) is 10.1. The Hall–Kier alpha value is -0.990. The van der Waals surface area contributed by atoms with Crippen molar-refractivity contribution in [2.24, 2.45) is 0 Å². The van der Waals surface area contributed by atoms with Crippen LogP contribution in [-0.2, 0) is 4.57 Å². The summed E-state index contributed by atoms with van der Waals surface area (Å²) in [4.78, 5) is 8.47. The second-order valence-electron chi connectivity index (χ2n) is 2.27. The highest BCUT2D eigenvalue weighted by Crippen LogP contribution is 2.24. The van der Waals surface area contributed by atoms with Gasteiger partial charge >= 0.3 is 8.25 Å². The van der Waals surface area contributed by atoms with Crippen LogP contribution in [0.1, 0.15) is 6.92 Å². The molecule has 1 atom stereocenters. The van der Waals surface area contributed by atoms with Gasteiger partial charge in [0.15, 0.2) is 0 Å². The fourth-order valence-electron chi connectivity index (χ4n) is 0.871. The number of rotatable bonds is 4. The average molecular weight is 202 g/mol. The summed E-state index contributed by atoms with van der Waals surface area (Å²) in [7, 11) is -2.90. The van der Waals surface area contributed by atoms with Crippen molar-refractivity contribution in [1.29, 1.82) is 0 Å². The third-order valence-electron chi connectivity index (χ3n) is 1.34. The molecule has 0 saturated carbocycles. The van der Waals surface area contributed by atoms with Gasteiger partial charge in [0.25, 0.3) is 0 Å². The van der Waals surface area contributed by atoms with Gasteiger partial charge in [-0.2, -0.15) is 0 Å². The molecule has 1 rings (SSSR count). The fraction of sp³-hybridized carbons (Fsp3) is 0.250. The highest BCUT2D eigenvalue weighted by atomic mass is 31.1. The molecule has 0 aliphatic heterocycles. The van der Waals surface area contributed by atoms with Crippen LogP contribution >= 0.6 is 8.25 Å². The molecule has 5 heteroatoms. The number of hydrogen-bond donors (Lipinski definition) is 1. The first-order valence-electron chi connectivity index (χ1n) is 3.86. The number of benzene rings is 1. The van der Waals surface area contributed by atoms with Gasteiger partial charge in [0, 0.05) is 0 Å². The van der Waals surface area contributed by atoms with Gasteiger partial charge in [-0.3, -0.25) is 0 Å². The molecule has 0 aliphatic carbocycles. The zero-order valence-corrected chi connectivity index (χ0v) is 8.19. The molecule has 4 nitrogen and oxygen atoms in total. The molecule has 0 fully saturated rings. The van der Waals surface area contributed by atoms with Gasteiger partial charge in [-0.25, -0.2) is 4.57 Å². The molecule has 0 spiro atoms. The summed E-state index contributed by atoms with van der Waals surface area (Å²) >= 11 is 0. The van der Waals surface area contributed by atoms with E-state index in [9.17, 15) is 4.57 Å². The third kappa shape index (κ3) is 3.49. The molecular formula is C8H11O4P. The maximum atomic E-state index is 10.3. The molecule has 1 aromatic carbocycles. The molecule has 72 valence electrons. The highest BCUT2D eigenvalue weighted by molar-refractivity contribution is 7.32. The van der Waals surface area contributed by atoms with Crippen LogP contribution in [0, 0.1) is 0 Å². The fourth-order valence-corrected chi connectivity index (χ4v) is 1.21. The summed E-state index contributed by atoms with van der Waals surface area (Å²) in [5, 5.41) is 0. The molecule has 1 unspecified atom stereocenters. The van der Waals surface area contributed by atoms with E-state index >= 15 is 0 Å². The second kappa shape index (κ2) is 4.90. The minimum absolute atomic E-state index is 0.370. The van der Waals surface area contributed by atoms with Crippen molar-refractivity contribution in [2.45, 2.75) is 6.92 Å². The van der Waals surface area contributed by atoms with Gasteiger partial charge < -0.3 is 14.2 Å². The van der Waals surface area contributed by atoms with Crippen molar-refractivity contribution in [3.05, 3.63) is 24.3 Å². The minimum Gasteiger partial charge on any atom is -0.494 e. The van der Waals surface area contributed by atoms with E-state index in [2.05, 4.69) is 4.52 Å². The quantitative estimate of drug-likeness (QED) is 0.757. The Morgan fingerprint density at radius 1 is 1.31 bits per heavy atom. The van der Waals surface area contributed by atoms with Crippen molar-refractivity contribution in [3.8, 4) is 11.5 Å². The summed E-state index contributed by atoms with van der Waals surface area (Å²) in [5.41, 5.74) is 0. The predicted octanol–water partition coefficient (Wildman–Crippen LogP) is 1.85. The van der Waals surface area contributed by atoms with Crippen LogP contribution in [0.3, 0.4) is 0 Å². The zero-order chi connectivity index (χ0) is 9.68. The predicted molar refractivity (Wildman–Crippen MR) is 49.5 cm³/mol. The van der Waals surface area contributed by atoms with Crippen LogP contribution in [0.25, 0.3) is 0 Å². The molecule has 1 aromatic rings. The van der Waals surface area contributed by atoms with E-state index in [1.165, 1.54) is 0 Å². The first-order valence-corrected chi connectivity index (χ1v) is 5.12. The van der Waals surface area contributed by atoms with E-state index in [1.54, 1.807) is 24.3 Å². The third-order valence-corrected chi connectivity index (χ3v) is 1.75. The maximum Gasteiger partial charge on any atom is 0.365 e. The number of hydrogen-bond acceptors (Lipinski definition) is 3. The Kier molecular flexibility index (Phi) is 3.80. The Bertz CT molecular complexity index is 283. The Morgan fingerprint density at radius 3 is 2.31 bits per heavy atom. The van der Waals surface area contributed by atoms with Gasteiger partial charge in [0.05, 0.1) is 6.61 Å². The van der Waals surface area contributed by atoms with Crippen LogP contribution in [0.5, 0.6) is 11.5 Å². The van der Waals surface area contributed by atoms with Gasteiger partial charge in [0.1, 0.15) is 11.5 Å². The molecule has 0 heterocycles. The van der Waals surface area contributed by atoms with E-state index < -0.39 is 8.25 Å². The topological polar surface area (TPSA) is 55.8 Å². The second-order valence-corrected chi connectivity index (χ2v) is 3.01. The van der Waals surface area contributed by atoms with E-state index in [0.29, 0.717) is 18.1 Å². The largest absolute Gasteiger partial charge is 0.494 e. The Balaban J connectivity index is 2.64. The summed E-state index contributed by atoms with van der Waals surface area (Å²) in [5.74, 6) is 1.09. The van der Waals surface area contributed by atoms with Gasteiger partial charge in [-0.15, -0.1) is 0 Å². The molecule has 0 amide bonds. The average Bonchev–Trinajstić information content (AvgIpc) is 2.08. The summed E-state index contributed by atoms with van der Waals surface area (Å²) in [6.45, 7) is 2.48. The SMILES string of the molecule is CCOc1ccc(O[PH](=O)O)cc1. The summed E-state index contributed by atoms with van der Waals surface area (Å²) in [6, 6.07) is 6.54. The first-order chi connectivity index (χ1) is 6.22. The van der Waals surface area contributed by atoms with E-state index in [4.69, 9.17) is 9.63 Å². The van der Waals surface area contributed by atoms with Crippen molar-refractivity contribution < 1.29 is 18.7 Å². The summed E-state index contributed by atoms with van der Waals surface area (Å²) < 4.78 is 20.1. The van der Waals surface area contributed by atoms with Crippen LogP contribution in [0.2, 0.25) is 0 Å². The van der Waals surface area contributed by atoms with Gasteiger partial charge in [-0.05, 0) is 31.2 Å². The Labute approximate surface area is 77.1 Å². The van der Waals surface area contributed by atoms with E-state index in [0.717, 1.165) is 0 Å². The van der Waals surface area contributed by atoms with Gasteiger partial charge in [-0.1, -0.05) is 0 Å². The number of ether oxygens (including phenoxy) is 1. The van der Waals surface area contributed by atoms with Crippen molar-refractivity contribution in [3.63, 3.8) is 0 Å². The maximum absolute atomic E-state index is 10.3. The van der Waals surface area contributed by atoms with Crippen molar-refractivity contribution >= 4 is 8.25 Å². The van der Waals surface area contributed by atoms with E-state index in [1.807, 2.05) is 6.92 Å². The molecule has 13 heavy (non-hydrogen) atoms. The molecule has 0 radical (unpaired) electrons. The van der Waals surface area contributed by atoms with Gasteiger partial charge in [0.2, 0.25) is 0 Å². The molecule has 0 saturated heterocycles. The minimum atomic E-state index is -2.90. The standard InChI is InChI=1S/C8H11O4P/c1-2-11-7-3-5-8(6-4-7)12-13(9)10/h3-6,13H,2H2,1H3,(H,9,10). The van der Waals surface area contributed by atoms with Crippen LogP contribution in [0.15, 0.2) is 24.3 Å². The summed E-state index contributed by atoms with van der Waals surface area (Å²) in [6.07, 6.45) is 0. The zero-order valence-electron chi connectivity index (χ0n) is 7.19. The lowest BCUT2D eigenvalue weighted by Gasteiger charge is -2.04. The molecule has 0 aromatic heterocycles. The normalized spacial score (nSPS) is 12.2. The smallest absolute Gasteiger partial charge is 0.365 e. The van der Waals surface area contributed by atoms with Crippen molar-refractivity contribution in [2.75, 3.05) is 6.61 Å². The van der Waals surface area contributed by atoms with Crippen molar-refractivity contribution in [1.82, 2.24) is 0 Å². The lowest BCUT2D eigenvalue weighted by Crippen LogP contribution is -1.90. The molecule has 0 bridgehead atoms. The van der Waals surface area contributed by atoms with Crippen LogP contribution in [-0.4, -0.2) is 11.5 Å². The molecule has 1 N–H and O–H groups in total. The molecular weight excluding hydrogens is 191 g/mol. The highest BCUT2D eigenvalue weighted by Gasteiger charge is 1.97. The Morgan fingerprint density at radius 2 is 1.85 bits per heavy atom.